The van der Waals surface area contributed by atoms with E-state index in [0.29, 0.717) is 35.0 Å². The van der Waals surface area contributed by atoms with E-state index in [1.165, 1.54) is 0 Å². The van der Waals surface area contributed by atoms with Gasteiger partial charge in [0.1, 0.15) is 0 Å². The molecule has 0 heterocycles. The first-order valence-electron chi connectivity index (χ1n) is 6.92. The molecule has 106 valence electrons. The van der Waals surface area contributed by atoms with Crippen LogP contribution in [-0.4, -0.2) is 18.3 Å². The van der Waals surface area contributed by atoms with Gasteiger partial charge in [-0.05, 0) is 55.7 Å². The minimum atomic E-state index is 0.269. The van der Waals surface area contributed by atoms with E-state index in [1.54, 1.807) is 0 Å². The third-order valence-electron chi connectivity index (χ3n) is 4.35. The minimum Gasteiger partial charge on any atom is -0.396 e. The molecule has 0 aliphatic heterocycles. The van der Waals surface area contributed by atoms with Crippen molar-refractivity contribution in [3.8, 4) is 0 Å². The van der Waals surface area contributed by atoms with Crippen LogP contribution in [0.25, 0.3) is 0 Å². The molecular weight excluding hydrogens is 281 g/mol. The van der Waals surface area contributed by atoms with Gasteiger partial charge in [0.25, 0.3) is 0 Å². The normalized spacial score (nSPS) is 25.3. The molecule has 4 heteroatoms. The number of aliphatic hydroxyl groups excluding tert-OH is 1. The summed E-state index contributed by atoms with van der Waals surface area (Å²) in [6.07, 6.45) is 4.37. The first-order valence-corrected chi connectivity index (χ1v) is 7.67. The van der Waals surface area contributed by atoms with E-state index in [1.807, 2.05) is 18.2 Å². The fraction of sp³-hybridized carbons (Fsp3) is 0.600. The summed E-state index contributed by atoms with van der Waals surface area (Å²) in [7, 11) is 0. The van der Waals surface area contributed by atoms with Crippen molar-refractivity contribution in [3.05, 3.63) is 33.8 Å². The van der Waals surface area contributed by atoms with Gasteiger partial charge in [-0.1, -0.05) is 35.3 Å². The Morgan fingerprint density at radius 3 is 2.47 bits per heavy atom. The largest absolute Gasteiger partial charge is 0.396 e. The Kier molecular flexibility index (Phi) is 5.52. The lowest BCUT2D eigenvalue weighted by Gasteiger charge is -2.33. The van der Waals surface area contributed by atoms with E-state index in [2.05, 4.69) is 0 Å². The molecule has 1 aromatic carbocycles. The second kappa shape index (κ2) is 6.94. The molecule has 0 radical (unpaired) electrons. The number of nitrogens with two attached hydrogens (primary N) is 1. The lowest BCUT2D eigenvalue weighted by Crippen LogP contribution is -2.27. The molecule has 0 spiro atoms. The molecule has 0 bridgehead atoms. The maximum atomic E-state index is 9.21. The van der Waals surface area contributed by atoms with Crippen molar-refractivity contribution in [3.63, 3.8) is 0 Å². The molecule has 2 nitrogen and oxygen atoms in total. The number of halogens is 2. The maximum absolute atomic E-state index is 9.21. The Balaban J connectivity index is 2.14. The average molecular weight is 302 g/mol. The molecule has 1 unspecified atom stereocenters. The Morgan fingerprint density at radius 1 is 1.21 bits per heavy atom. The van der Waals surface area contributed by atoms with Gasteiger partial charge >= 0.3 is 0 Å². The highest BCUT2D eigenvalue weighted by atomic mass is 35.5. The number of hydrogen-bond donors (Lipinski definition) is 2. The monoisotopic (exact) mass is 301 g/mol. The van der Waals surface area contributed by atoms with Crippen molar-refractivity contribution in [1.82, 2.24) is 0 Å². The molecule has 0 saturated heterocycles. The summed E-state index contributed by atoms with van der Waals surface area (Å²) < 4.78 is 0. The van der Waals surface area contributed by atoms with Crippen LogP contribution in [0.1, 0.15) is 37.2 Å². The van der Waals surface area contributed by atoms with Crippen LogP contribution in [-0.2, 0) is 0 Å². The summed E-state index contributed by atoms with van der Waals surface area (Å²) in [5, 5.41) is 10.4. The zero-order valence-corrected chi connectivity index (χ0v) is 12.5. The summed E-state index contributed by atoms with van der Waals surface area (Å²) in [6, 6.07) is 5.78. The van der Waals surface area contributed by atoms with Gasteiger partial charge in [0, 0.05) is 12.5 Å². The first kappa shape index (κ1) is 15.1. The fourth-order valence-electron chi connectivity index (χ4n) is 3.15. The van der Waals surface area contributed by atoms with Crippen LogP contribution < -0.4 is 5.73 Å². The van der Waals surface area contributed by atoms with Gasteiger partial charge in [-0.2, -0.15) is 0 Å². The lowest BCUT2D eigenvalue weighted by atomic mass is 9.73. The fourth-order valence-corrected chi connectivity index (χ4v) is 3.60. The molecule has 1 saturated carbocycles. The van der Waals surface area contributed by atoms with Gasteiger partial charge < -0.3 is 10.8 Å². The van der Waals surface area contributed by atoms with Gasteiger partial charge in [0.05, 0.1) is 10.0 Å². The van der Waals surface area contributed by atoms with Gasteiger partial charge in [0.2, 0.25) is 0 Å². The number of aliphatic hydroxyl groups is 1. The first-order chi connectivity index (χ1) is 9.17. The van der Waals surface area contributed by atoms with Gasteiger partial charge in [-0.25, -0.2) is 0 Å². The van der Waals surface area contributed by atoms with Crippen LogP contribution in [0.2, 0.25) is 10.0 Å². The van der Waals surface area contributed by atoms with Crippen LogP contribution in [0, 0.1) is 11.8 Å². The van der Waals surface area contributed by atoms with Crippen molar-refractivity contribution in [2.45, 2.75) is 31.6 Å². The minimum absolute atomic E-state index is 0.269. The standard InChI is InChI=1S/C15H21Cl2NO/c16-14-3-1-2-12(15(14)17)13(8-18)11-6-4-10(9-19)5-7-11/h1-3,10-11,13,19H,4-9,18H2. The molecule has 2 rings (SSSR count). The van der Waals surface area contributed by atoms with Crippen molar-refractivity contribution < 1.29 is 5.11 Å². The third-order valence-corrected chi connectivity index (χ3v) is 5.19. The molecule has 1 aromatic rings. The summed E-state index contributed by atoms with van der Waals surface area (Å²) in [4.78, 5) is 0. The van der Waals surface area contributed by atoms with Crippen LogP contribution in [0.5, 0.6) is 0 Å². The van der Waals surface area contributed by atoms with Gasteiger partial charge in [-0.15, -0.1) is 0 Å². The zero-order chi connectivity index (χ0) is 13.8. The summed E-state index contributed by atoms with van der Waals surface area (Å²) >= 11 is 12.4. The molecule has 1 atom stereocenters. The average Bonchev–Trinajstić information content (AvgIpc) is 2.45. The van der Waals surface area contributed by atoms with E-state index in [-0.39, 0.29) is 5.92 Å². The summed E-state index contributed by atoms with van der Waals surface area (Å²) in [5.74, 6) is 1.28. The quantitative estimate of drug-likeness (QED) is 0.888. The van der Waals surface area contributed by atoms with E-state index in [9.17, 15) is 5.11 Å². The van der Waals surface area contributed by atoms with Crippen LogP contribution >= 0.6 is 23.2 Å². The Hall–Kier alpha value is -0.280. The zero-order valence-electron chi connectivity index (χ0n) is 11.0. The smallest absolute Gasteiger partial charge is 0.0627 e. The highest BCUT2D eigenvalue weighted by molar-refractivity contribution is 6.42. The molecule has 0 amide bonds. The number of hydrogen-bond acceptors (Lipinski definition) is 2. The highest BCUT2D eigenvalue weighted by Crippen LogP contribution is 2.41. The lowest BCUT2D eigenvalue weighted by molar-refractivity contribution is 0.158. The predicted octanol–water partition coefficient (Wildman–Crippen LogP) is 3.83. The molecule has 1 aliphatic rings. The second-order valence-corrected chi connectivity index (χ2v) is 6.23. The summed E-state index contributed by atoms with van der Waals surface area (Å²) in [5.41, 5.74) is 7.04. The second-order valence-electron chi connectivity index (χ2n) is 5.45. The highest BCUT2D eigenvalue weighted by Gasteiger charge is 2.29. The molecule has 0 aromatic heterocycles. The van der Waals surface area contributed by atoms with E-state index in [4.69, 9.17) is 28.9 Å². The van der Waals surface area contributed by atoms with Gasteiger partial charge in [-0.3, -0.25) is 0 Å². The SMILES string of the molecule is NCC(c1cccc(Cl)c1Cl)C1CCC(CO)CC1. The van der Waals surface area contributed by atoms with Crippen molar-refractivity contribution in [1.29, 1.82) is 0 Å². The van der Waals surface area contributed by atoms with Crippen molar-refractivity contribution >= 4 is 23.2 Å². The Labute approximate surface area is 124 Å². The molecule has 3 N–H and O–H groups in total. The van der Waals surface area contributed by atoms with Gasteiger partial charge in [0.15, 0.2) is 0 Å². The van der Waals surface area contributed by atoms with Crippen LogP contribution in [0.15, 0.2) is 18.2 Å². The third kappa shape index (κ3) is 3.43. The molecule has 19 heavy (non-hydrogen) atoms. The predicted molar refractivity (Wildman–Crippen MR) is 80.8 cm³/mol. The van der Waals surface area contributed by atoms with Crippen LogP contribution in [0.4, 0.5) is 0 Å². The Bertz CT molecular complexity index is 417. The topological polar surface area (TPSA) is 46.2 Å². The van der Waals surface area contributed by atoms with Crippen molar-refractivity contribution in [2.75, 3.05) is 13.2 Å². The van der Waals surface area contributed by atoms with Crippen molar-refractivity contribution in [2.24, 2.45) is 17.6 Å². The van der Waals surface area contributed by atoms with E-state index in [0.717, 1.165) is 31.2 Å². The van der Waals surface area contributed by atoms with Crippen LogP contribution in [0.3, 0.4) is 0 Å². The maximum Gasteiger partial charge on any atom is 0.0627 e. The molecule has 1 fully saturated rings. The number of benzene rings is 1. The van der Waals surface area contributed by atoms with E-state index < -0.39 is 0 Å². The number of rotatable bonds is 4. The molecular formula is C15H21Cl2NO. The Morgan fingerprint density at radius 2 is 1.89 bits per heavy atom. The molecule has 1 aliphatic carbocycles. The van der Waals surface area contributed by atoms with E-state index >= 15 is 0 Å². The summed E-state index contributed by atoms with van der Waals surface area (Å²) in [6.45, 7) is 0.895.